The molecule has 2 aromatic carbocycles. The zero-order valence-corrected chi connectivity index (χ0v) is 16.5. The van der Waals surface area contributed by atoms with E-state index >= 15 is 0 Å². The van der Waals surface area contributed by atoms with Crippen molar-refractivity contribution in [3.05, 3.63) is 70.5 Å². The molecule has 3 aromatic rings. The highest BCUT2D eigenvalue weighted by molar-refractivity contribution is 7.98. The average Bonchev–Trinajstić information content (AvgIpc) is 3.05. The Morgan fingerprint density at radius 2 is 1.69 bits per heavy atom. The minimum absolute atomic E-state index is 0.275. The Hall–Kier alpha value is -1.98. The Morgan fingerprint density at radius 1 is 1.04 bits per heavy atom. The molecule has 0 aliphatic rings. The molecule has 1 aromatic heterocycles. The smallest absolute Gasteiger partial charge is 0.191 e. The highest BCUT2D eigenvalue weighted by Crippen LogP contribution is 2.27. The van der Waals surface area contributed by atoms with Gasteiger partial charge >= 0.3 is 0 Å². The van der Waals surface area contributed by atoms with Crippen molar-refractivity contribution in [2.75, 3.05) is 0 Å². The molecule has 1 heterocycles. The van der Waals surface area contributed by atoms with Crippen molar-refractivity contribution in [2.45, 2.75) is 43.6 Å². The molecule has 4 nitrogen and oxygen atoms in total. The number of aromatic nitrogens is 3. The van der Waals surface area contributed by atoms with Crippen LogP contribution in [0.15, 0.2) is 53.7 Å². The molecule has 0 amide bonds. The topological polar surface area (TPSA) is 50.9 Å². The van der Waals surface area contributed by atoms with E-state index in [0.717, 1.165) is 33.7 Å². The normalized spacial score (nSPS) is 12.3. The van der Waals surface area contributed by atoms with Gasteiger partial charge in [0.2, 0.25) is 0 Å². The summed E-state index contributed by atoms with van der Waals surface area (Å²) in [7, 11) is 0. The van der Waals surface area contributed by atoms with Gasteiger partial charge in [0.1, 0.15) is 11.6 Å². The Bertz CT molecular complexity index is 846. The van der Waals surface area contributed by atoms with Crippen LogP contribution in [0, 0.1) is 0 Å². The first kappa shape index (κ1) is 18.8. The SMILES string of the molecule is CCC(C)c1nnc(SCc2ccc(Cl)cc2)n1Cc1ccc(O)cc1. The van der Waals surface area contributed by atoms with E-state index in [-0.39, 0.29) is 5.75 Å². The first-order chi connectivity index (χ1) is 12.6. The van der Waals surface area contributed by atoms with Crippen molar-refractivity contribution in [2.24, 2.45) is 0 Å². The molecule has 0 saturated carbocycles. The molecule has 6 heteroatoms. The number of hydrogen-bond acceptors (Lipinski definition) is 4. The van der Waals surface area contributed by atoms with Gasteiger partial charge in [-0.2, -0.15) is 0 Å². The predicted octanol–water partition coefficient (Wildman–Crippen LogP) is 5.49. The zero-order chi connectivity index (χ0) is 18.5. The molecule has 1 atom stereocenters. The molecule has 3 rings (SSSR count). The minimum Gasteiger partial charge on any atom is -0.508 e. The van der Waals surface area contributed by atoms with E-state index in [1.165, 1.54) is 5.56 Å². The van der Waals surface area contributed by atoms with Gasteiger partial charge in [-0.25, -0.2) is 0 Å². The number of phenols is 1. The molecule has 0 bridgehead atoms. The van der Waals surface area contributed by atoms with Crippen molar-refractivity contribution in [3.8, 4) is 5.75 Å². The quantitative estimate of drug-likeness (QED) is 0.544. The van der Waals surface area contributed by atoms with E-state index in [2.05, 4.69) is 28.6 Å². The number of rotatable bonds is 7. The Kier molecular flexibility index (Phi) is 6.22. The lowest BCUT2D eigenvalue weighted by molar-refractivity contribution is 0.475. The summed E-state index contributed by atoms with van der Waals surface area (Å²) in [6.45, 7) is 5.02. The van der Waals surface area contributed by atoms with E-state index in [1.807, 2.05) is 36.4 Å². The lowest BCUT2D eigenvalue weighted by atomic mass is 10.1. The van der Waals surface area contributed by atoms with Crippen molar-refractivity contribution >= 4 is 23.4 Å². The van der Waals surface area contributed by atoms with Gasteiger partial charge in [0, 0.05) is 16.7 Å². The molecule has 0 fully saturated rings. The minimum atomic E-state index is 0.275. The lowest BCUT2D eigenvalue weighted by Gasteiger charge is -2.14. The highest BCUT2D eigenvalue weighted by atomic mass is 35.5. The zero-order valence-electron chi connectivity index (χ0n) is 14.9. The number of hydrogen-bond donors (Lipinski definition) is 1. The summed E-state index contributed by atoms with van der Waals surface area (Å²) in [6.07, 6.45) is 1.01. The largest absolute Gasteiger partial charge is 0.508 e. The predicted molar refractivity (Wildman–Crippen MR) is 107 cm³/mol. The molecule has 0 spiro atoms. The third-order valence-electron chi connectivity index (χ3n) is 4.36. The van der Waals surface area contributed by atoms with Gasteiger partial charge in [-0.15, -0.1) is 10.2 Å². The monoisotopic (exact) mass is 387 g/mol. The first-order valence-electron chi connectivity index (χ1n) is 8.65. The van der Waals surface area contributed by atoms with E-state index < -0.39 is 0 Å². The number of halogens is 1. The molecule has 0 aliphatic carbocycles. The molecule has 0 radical (unpaired) electrons. The summed E-state index contributed by atoms with van der Waals surface area (Å²) >= 11 is 7.63. The van der Waals surface area contributed by atoms with Crippen LogP contribution in [0.5, 0.6) is 5.75 Å². The Morgan fingerprint density at radius 3 is 2.35 bits per heavy atom. The number of nitrogens with zero attached hydrogens (tertiary/aromatic N) is 3. The highest BCUT2D eigenvalue weighted by Gasteiger charge is 2.17. The summed E-state index contributed by atoms with van der Waals surface area (Å²) < 4.78 is 2.18. The third-order valence-corrected chi connectivity index (χ3v) is 5.65. The summed E-state index contributed by atoms with van der Waals surface area (Å²) in [5.74, 6) is 2.42. The molecule has 1 N–H and O–H groups in total. The molecule has 0 saturated heterocycles. The van der Waals surface area contributed by atoms with Crippen molar-refractivity contribution in [3.63, 3.8) is 0 Å². The fourth-order valence-electron chi connectivity index (χ4n) is 2.61. The molecular formula is C20H22ClN3OS. The van der Waals surface area contributed by atoms with Gasteiger partial charge < -0.3 is 9.67 Å². The van der Waals surface area contributed by atoms with Crippen molar-refractivity contribution in [1.29, 1.82) is 0 Å². The summed E-state index contributed by atoms with van der Waals surface area (Å²) in [6, 6.07) is 15.2. The van der Waals surface area contributed by atoms with Crippen LogP contribution < -0.4 is 0 Å². The van der Waals surface area contributed by atoms with Crippen LogP contribution in [0.2, 0.25) is 5.02 Å². The number of benzene rings is 2. The van der Waals surface area contributed by atoms with Crippen LogP contribution in [-0.4, -0.2) is 19.9 Å². The summed E-state index contributed by atoms with van der Waals surface area (Å²) in [5.41, 5.74) is 2.31. The molecule has 26 heavy (non-hydrogen) atoms. The fraction of sp³-hybridized carbons (Fsp3) is 0.300. The first-order valence-corrected chi connectivity index (χ1v) is 10.0. The van der Waals surface area contributed by atoms with Gasteiger partial charge in [-0.05, 0) is 41.8 Å². The van der Waals surface area contributed by atoms with Crippen LogP contribution in [0.4, 0.5) is 0 Å². The van der Waals surface area contributed by atoms with Gasteiger partial charge in [0.05, 0.1) is 6.54 Å². The van der Waals surface area contributed by atoms with E-state index in [9.17, 15) is 5.11 Å². The molecular weight excluding hydrogens is 366 g/mol. The number of thioether (sulfide) groups is 1. The van der Waals surface area contributed by atoms with Crippen molar-refractivity contribution < 1.29 is 5.11 Å². The molecule has 136 valence electrons. The maximum Gasteiger partial charge on any atom is 0.191 e. The molecule has 1 unspecified atom stereocenters. The third kappa shape index (κ3) is 4.59. The number of aromatic hydroxyl groups is 1. The second-order valence-corrected chi connectivity index (χ2v) is 7.70. The second-order valence-electron chi connectivity index (χ2n) is 6.32. The van der Waals surface area contributed by atoms with E-state index in [1.54, 1.807) is 23.9 Å². The van der Waals surface area contributed by atoms with Crippen LogP contribution in [0.25, 0.3) is 0 Å². The summed E-state index contributed by atoms with van der Waals surface area (Å²) in [5, 5.41) is 20.0. The van der Waals surface area contributed by atoms with Crippen LogP contribution in [0.1, 0.15) is 43.1 Å². The average molecular weight is 388 g/mol. The van der Waals surface area contributed by atoms with Gasteiger partial charge in [0.15, 0.2) is 5.16 Å². The maximum atomic E-state index is 9.50. The molecule has 0 aliphatic heterocycles. The Labute approximate surface area is 163 Å². The van der Waals surface area contributed by atoms with Crippen LogP contribution in [0.3, 0.4) is 0 Å². The van der Waals surface area contributed by atoms with E-state index in [4.69, 9.17) is 11.6 Å². The van der Waals surface area contributed by atoms with Crippen LogP contribution in [-0.2, 0) is 12.3 Å². The van der Waals surface area contributed by atoms with Crippen molar-refractivity contribution in [1.82, 2.24) is 14.8 Å². The number of phenolic OH excluding ortho intramolecular Hbond substituents is 1. The van der Waals surface area contributed by atoms with Gasteiger partial charge in [0.25, 0.3) is 0 Å². The Balaban J connectivity index is 1.83. The maximum absolute atomic E-state index is 9.50. The van der Waals surface area contributed by atoms with Gasteiger partial charge in [-0.3, -0.25) is 0 Å². The standard InChI is InChI=1S/C20H22ClN3OS/c1-3-14(2)19-22-23-20(26-13-16-4-8-17(21)9-5-16)24(19)12-15-6-10-18(25)11-7-15/h4-11,14,25H,3,12-13H2,1-2H3. The second kappa shape index (κ2) is 8.60. The van der Waals surface area contributed by atoms with Gasteiger partial charge in [-0.1, -0.05) is 61.5 Å². The lowest BCUT2D eigenvalue weighted by Crippen LogP contribution is -2.09. The van der Waals surface area contributed by atoms with Crippen LogP contribution >= 0.6 is 23.4 Å². The summed E-state index contributed by atoms with van der Waals surface area (Å²) in [4.78, 5) is 0. The fourth-order valence-corrected chi connectivity index (χ4v) is 3.64. The van der Waals surface area contributed by atoms with E-state index in [0.29, 0.717) is 12.5 Å².